The van der Waals surface area contributed by atoms with Gasteiger partial charge in [-0.2, -0.15) is 0 Å². The normalized spacial score (nSPS) is 12.2. The molecule has 18 heavy (non-hydrogen) atoms. The van der Waals surface area contributed by atoms with Gasteiger partial charge in [0.05, 0.1) is 16.8 Å². The third kappa shape index (κ3) is 3.31. The lowest BCUT2D eigenvalue weighted by Gasteiger charge is -2.10. The molecule has 1 aromatic heterocycles. The molecule has 0 bridgehead atoms. The molecular formula is C13H11Br2NO2. The van der Waals surface area contributed by atoms with E-state index in [9.17, 15) is 5.11 Å². The highest BCUT2D eigenvalue weighted by atomic mass is 79.9. The summed E-state index contributed by atoms with van der Waals surface area (Å²) in [6.07, 6.45) is 2.83. The van der Waals surface area contributed by atoms with Gasteiger partial charge in [-0.3, -0.25) is 4.98 Å². The summed E-state index contributed by atoms with van der Waals surface area (Å²) >= 11 is 6.76. The molecule has 0 aliphatic heterocycles. The van der Waals surface area contributed by atoms with Crippen molar-refractivity contribution >= 4 is 31.9 Å². The van der Waals surface area contributed by atoms with Crippen LogP contribution in [0.5, 0.6) is 11.5 Å². The monoisotopic (exact) mass is 371 g/mol. The minimum Gasteiger partial charge on any atom is -0.455 e. The van der Waals surface area contributed by atoms with Gasteiger partial charge in [0.15, 0.2) is 0 Å². The van der Waals surface area contributed by atoms with E-state index in [2.05, 4.69) is 36.8 Å². The van der Waals surface area contributed by atoms with Gasteiger partial charge >= 0.3 is 0 Å². The zero-order chi connectivity index (χ0) is 13.1. The van der Waals surface area contributed by atoms with E-state index >= 15 is 0 Å². The van der Waals surface area contributed by atoms with Crippen LogP contribution >= 0.6 is 31.9 Å². The Morgan fingerprint density at radius 2 is 2.00 bits per heavy atom. The van der Waals surface area contributed by atoms with E-state index in [1.54, 1.807) is 19.3 Å². The highest BCUT2D eigenvalue weighted by Gasteiger charge is 2.07. The number of nitrogens with zero attached hydrogens (tertiary/aromatic N) is 1. The first-order valence-corrected chi connectivity index (χ1v) is 6.91. The first-order valence-electron chi connectivity index (χ1n) is 5.32. The molecular weight excluding hydrogens is 362 g/mol. The number of halogens is 2. The molecule has 2 aromatic rings. The average molecular weight is 373 g/mol. The number of aliphatic hydroxyl groups is 1. The summed E-state index contributed by atoms with van der Waals surface area (Å²) in [5.74, 6) is 1.33. The van der Waals surface area contributed by atoms with Crippen LogP contribution in [-0.2, 0) is 0 Å². The summed E-state index contributed by atoms with van der Waals surface area (Å²) in [5, 5.41) is 9.49. The number of ether oxygens (including phenoxy) is 1. The Hall–Kier alpha value is -0.910. The van der Waals surface area contributed by atoms with E-state index in [-0.39, 0.29) is 0 Å². The minimum absolute atomic E-state index is 0.497. The van der Waals surface area contributed by atoms with Crippen LogP contribution in [0.25, 0.3) is 0 Å². The molecule has 94 valence electrons. The van der Waals surface area contributed by atoms with Gasteiger partial charge in [0.25, 0.3) is 0 Å². The SMILES string of the molecule is C[C@H](O)c1ccc(Oc2cncc(Br)c2)c(Br)c1. The highest BCUT2D eigenvalue weighted by Crippen LogP contribution is 2.32. The summed E-state index contributed by atoms with van der Waals surface area (Å²) in [5.41, 5.74) is 0.835. The lowest BCUT2D eigenvalue weighted by Crippen LogP contribution is -1.92. The minimum atomic E-state index is -0.497. The molecule has 3 nitrogen and oxygen atoms in total. The smallest absolute Gasteiger partial charge is 0.146 e. The number of rotatable bonds is 3. The summed E-state index contributed by atoms with van der Waals surface area (Å²) < 4.78 is 7.35. The summed E-state index contributed by atoms with van der Waals surface area (Å²) in [7, 11) is 0. The lowest BCUT2D eigenvalue weighted by atomic mass is 10.1. The number of benzene rings is 1. The van der Waals surface area contributed by atoms with Crippen molar-refractivity contribution in [3.63, 3.8) is 0 Å². The molecule has 0 radical (unpaired) electrons. The third-order valence-corrected chi connectivity index (χ3v) is 3.40. The van der Waals surface area contributed by atoms with Crippen molar-refractivity contribution in [1.29, 1.82) is 0 Å². The van der Waals surface area contributed by atoms with E-state index in [1.165, 1.54) is 0 Å². The van der Waals surface area contributed by atoms with E-state index < -0.39 is 6.10 Å². The van der Waals surface area contributed by atoms with Crippen molar-refractivity contribution in [2.75, 3.05) is 0 Å². The van der Waals surface area contributed by atoms with Crippen LogP contribution in [0.1, 0.15) is 18.6 Å². The van der Waals surface area contributed by atoms with Gasteiger partial charge in [-0.15, -0.1) is 0 Å². The summed E-state index contributed by atoms with van der Waals surface area (Å²) in [6.45, 7) is 1.72. The third-order valence-electron chi connectivity index (χ3n) is 2.35. The lowest BCUT2D eigenvalue weighted by molar-refractivity contribution is 0.199. The van der Waals surface area contributed by atoms with Crippen LogP contribution in [0.4, 0.5) is 0 Å². The fraction of sp³-hybridized carbons (Fsp3) is 0.154. The number of hydrogen-bond donors (Lipinski definition) is 1. The van der Waals surface area contributed by atoms with E-state index in [0.29, 0.717) is 11.5 Å². The maximum Gasteiger partial charge on any atom is 0.146 e. The molecule has 1 aromatic carbocycles. The quantitative estimate of drug-likeness (QED) is 0.865. The summed E-state index contributed by atoms with van der Waals surface area (Å²) in [4.78, 5) is 4.03. The second-order valence-corrected chi connectivity index (χ2v) is 5.58. The van der Waals surface area contributed by atoms with Gasteiger partial charge in [-0.25, -0.2) is 0 Å². The Bertz CT molecular complexity index is 558. The van der Waals surface area contributed by atoms with Crippen LogP contribution in [0.2, 0.25) is 0 Å². The molecule has 2 rings (SSSR count). The van der Waals surface area contributed by atoms with Gasteiger partial charge in [0, 0.05) is 10.7 Å². The predicted molar refractivity (Wildman–Crippen MR) is 76.8 cm³/mol. The molecule has 0 saturated heterocycles. The van der Waals surface area contributed by atoms with Crippen LogP contribution in [-0.4, -0.2) is 10.1 Å². The number of pyridine rings is 1. The zero-order valence-corrected chi connectivity index (χ0v) is 12.8. The van der Waals surface area contributed by atoms with Gasteiger partial charge in [0.2, 0.25) is 0 Å². The Labute approximate surface area is 122 Å². The summed E-state index contributed by atoms with van der Waals surface area (Å²) in [6, 6.07) is 7.32. The Kier molecular flexibility index (Phi) is 4.37. The molecule has 0 aliphatic rings. The maximum atomic E-state index is 9.49. The molecule has 1 N–H and O–H groups in total. The molecule has 1 heterocycles. The fourth-order valence-corrected chi connectivity index (χ4v) is 2.26. The maximum absolute atomic E-state index is 9.49. The van der Waals surface area contributed by atoms with E-state index in [1.807, 2.05) is 24.3 Å². The molecule has 0 fully saturated rings. The molecule has 5 heteroatoms. The molecule has 0 amide bonds. The van der Waals surface area contributed by atoms with Crippen molar-refractivity contribution in [1.82, 2.24) is 4.98 Å². The first kappa shape index (κ1) is 13.5. The van der Waals surface area contributed by atoms with Crippen molar-refractivity contribution in [3.05, 3.63) is 51.2 Å². The van der Waals surface area contributed by atoms with Crippen LogP contribution < -0.4 is 4.74 Å². The average Bonchev–Trinajstić information content (AvgIpc) is 2.31. The van der Waals surface area contributed by atoms with E-state index in [4.69, 9.17) is 4.74 Å². The van der Waals surface area contributed by atoms with Crippen molar-refractivity contribution in [3.8, 4) is 11.5 Å². The number of hydrogen-bond acceptors (Lipinski definition) is 3. The fourth-order valence-electron chi connectivity index (χ4n) is 1.43. The van der Waals surface area contributed by atoms with E-state index in [0.717, 1.165) is 14.5 Å². The second-order valence-electron chi connectivity index (χ2n) is 3.81. The molecule has 0 spiro atoms. The van der Waals surface area contributed by atoms with Gasteiger partial charge < -0.3 is 9.84 Å². The first-order chi connectivity index (χ1) is 8.56. The van der Waals surface area contributed by atoms with Crippen molar-refractivity contribution in [2.45, 2.75) is 13.0 Å². The van der Waals surface area contributed by atoms with Gasteiger partial charge in [-0.05, 0) is 62.5 Å². The molecule has 1 atom stereocenters. The van der Waals surface area contributed by atoms with Gasteiger partial charge in [0.1, 0.15) is 11.5 Å². The second kappa shape index (κ2) is 5.82. The van der Waals surface area contributed by atoms with Gasteiger partial charge in [-0.1, -0.05) is 6.07 Å². The number of aliphatic hydroxyl groups excluding tert-OH is 1. The van der Waals surface area contributed by atoms with Crippen LogP contribution in [0.15, 0.2) is 45.6 Å². The molecule has 0 unspecified atom stereocenters. The predicted octanol–water partition coefficient (Wildman–Crippen LogP) is 4.45. The highest BCUT2D eigenvalue weighted by molar-refractivity contribution is 9.10. The Balaban J connectivity index is 2.24. The topological polar surface area (TPSA) is 42.4 Å². The Morgan fingerprint density at radius 3 is 2.61 bits per heavy atom. The van der Waals surface area contributed by atoms with Crippen molar-refractivity contribution in [2.24, 2.45) is 0 Å². The number of aromatic nitrogens is 1. The zero-order valence-electron chi connectivity index (χ0n) is 9.60. The standard InChI is InChI=1S/C13H11Br2NO2/c1-8(17)9-2-3-13(12(15)4-9)18-11-5-10(14)6-16-7-11/h2-8,17H,1H3/t8-/m0/s1. The molecule has 0 saturated carbocycles. The largest absolute Gasteiger partial charge is 0.455 e. The molecule has 0 aliphatic carbocycles. The van der Waals surface area contributed by atoms with Crippen LogP contribution in [0, 0.1) is 0 Å². The van der Waals surface area contributed by atoms with Crippen LogP contribution in [0.3, 0.4) is 0 Å². The Morgan fingerprint density at radius 1 is 1.22 bits per heavy atom. The van der Waals surface area contributed by atoms with Crippen molar-refractivity contribution < 1.29 is 9.84 Å².